The average Bonchev–Trinajstić information content (AvgIpc) is 3.06. The van der Waals surface area contributed by atoms with Crippen LogP contribution < -0.4 is 10.1 Å². The molecule has 0 bridgehead atoms. The summed E-state index contributed by atoms with van der Waals surface area (Å²) in [5, 5.41) is 2.91. The zero-order valence-electron chi connectivity index (χ0n) is 15.0. The summed E-state index contributed by atoms with van der Waals surface area (Å²) in [4.78, 5) is 27.5. The summed E-state index contributed by atoms with van der Waals surface area (Å²) in [5.41, 5.74) is 0. The van der Waals surface area contributed by atoms with E-state index in [1.807, 2.05) is 4.90 Å². The molecule has 1 aromatic carbocycles. The van der Waals surface area contributed by atoms with Crippen molar-refractivity contribution in [3.63, 3.8) is 0 Å². The summed E-state index contributed by atoms with van der Waals surface area (Å²) in [7, 11) is 0. The first-order valence-corrected chi connectivity index (χ1v) is 9.31. The lowest BCUT2D eigenvalue weighted by Crippen LogP contribution is -2.48. The van der Waals surface area contributed by atoms with Crippen LogP contribution in [-0.2, 0) is 4.79 Å². The van der Waals surface area contributed by atoms with Crippen molar-refractivity contribution < 1.29 is 18.7 Å². The molecular weight excluding hydrogens is 337 g/mol. The van der Waals surface area contributed by atoms with Crippen molar-refractivity contribution in [2.24, 2.45) is 5.92 Å². The summed E-state index contributed by atoms with van der Waals surface area (Å²) >= 11 is 0. The van der Waals surface area contributed by atoms with E-state index in [0.717, 1.165) is 32.4 Å². The number of benzene rings is 1. The monoisotopic (exact) mass is 363 g/mol. The molecular formula is C19H26FN3O3. The van der Waals surface area contributed by atoms with E-state index in [2.05, 4.69) is 5.32 Å². The fourth-order valence-corrected chi connectivity index (χ4v) is 3.48. The van der Waals surface area contributed by atoms with Crippen molar-refractivity contribution in [2.75, 3.05) is 39.3 Å². The Hall–Kier alpha value is -2.31. The number of piperidine rings is 1. The first-order chi connectivity index (χ1) is 12.6. The highest BCUT2D eigenvalue weighted by atomic mass is 19.1. The smallest absolute Gasteiger partial charge is 0.317 e. The van der Waals surface area contributed by atoms with Crippen molar-refractivity contribution in [2.45, 2.75) is 25.7 Å². The van der Waals surface area contributed by atoms with Gasteiger partial charge in [-0.25, -0.2) is 9.18 Å². The predicted molar refractivity (Wildman–Crippen MR) is 95.4 cm³/mol. The second-order valence-electron chi connectivity index (χ2n) is 6.94. The largest absolute Gasteiger partial charge is 0.493 e. The van der Waals surface area contributed by atoms with Gasteiger partial charge in [-0.05, 0) is 43.5 Å². The second kappa shape index (κ2) is 8.87. The number of nitrogens with zero attached hydrogens (tertiary/aromatic N) is 2. The van der Waals surface area contributed by atoms with Crippen LogP contribution in [0.4, 0.5) is 9.18 Å². The number of carbonyl (C=O) groups excluding carboxylic acids is 2. The normalized spacial score (nSPS) is 20.3. The predicted octanol–water partition coefficient (Wildman–Crippen LogP) is 2.25. The van der Waals surface area contributed by atoms with E-state index in [1.165, 1.54) is 12.1 Å². The molecule has 3 rings (SSSR count). The van der Waals surface area contributed by atoms with Crippen LogP contribution in [-0.4, -0.2) is 61.1 Å². The molecule has 1 atom stereocenters. The summed E-state index contributed by atoms with van der Waals surface area (Å²) in [6.45, 7) is 3.75. The van der Waals surface area contributed by atoms with Crippen molar-refractivity contribution >= 4 is 11.9 Å². The Kier molecular flexibility index (Phi) is 6.30. The maximum Gasteiger partial charge on any atom is 0.317 e. The second-order valence-corrected chi connectivity index (χ2v) is 6.94. The number of hydrogen-bond donors (Lipinski definition) is 1. The Morgan fingerprint density at radius 1 is 1.23 bits per heavy atom. The third kappa shape index (κ3) is 5.09. The standard InChI is InChI=1S/C19H26FN3O3/c20-16-5-7-17(8-6-16)26-14-15-3-1-11-23(13-15)19(25)21-9-12-22-10-2-4-18(22)24/h5-8,15H,1-4,9-14H2,(H,21,25). The number of hydrogen-bond acceptors (Lipinski definition) is 3. The van der Waals surface area contributed by atoms with E-state index in [-0.39, 0.29) is 23.7 Å². The fourth-order valence-electron chi connectivity index (χ4n) is 3.48. The maximum atomic E-state index is 12.9. The molecule has 2 saturated heterocycles. The molecule has 0 aromatic heterocycles. The van der Waals surface area contributed by atoms with Crippen LogP contribution in [0, 0.1) is 11.7 Å². The molecule has 1 N–H and O–H groups in total. The van der Waals surface area contributed by atoms with Crippen molar-refractivity contribution in [1.82, 2.24) is 15.1 Å². The Bertz CT molecular complexity index is 623. The molecule has 1 unspecified atom stereocenters. The fraction of sp³-hybridized carbons (Fsp3) is 0.579. The highest BCUT2D eigenvalue weighted by molar-refractivity contribution is 5.78. The third-order valence-electron chi connectivity index (χ3n) is 4.93. The number of halogens is 1. The molecule has 2 aliphatic heterocycles. The Labute approximate surface area is 153 Å². The van der Waals surface area contributed by atoms with Crippen LogP contribution in [0.15, 0.2) is 24.3 Å². The molecule has 0 saturated carbocycles. The van der Waals surface area contributed by atoms with E-state index >= 15 is 0 Å². The van der Waals surface area contributed by atoms with Gasteiger partial charge in [-0.3, -0.25) is 4.79 Å². The van der Waals surface area contributed by atoms with E-state index in [0.29, 0.717) is 38.4 Å². The number of ether oxygens (including phenoxy) is 1. The molecule has 26 heavy (non-hydrogen) atoms. The minimum Gasteiger partial charge on any atom is -0.493 e. The number of amides is 3. The Balaban J connectivity index is 1.38. The molecule has 2 aliphatic rings. The average molecular weight is 363 g/mol. The van der Waals surface area contributed by atoms with Gasteiger partial charge >= 0.3 is 6.03 Å². The quantitative estimate of drug-likeness (QED) is 0.843. The van der Waals surface area contributed by atoms with Gasteiger partial charge in [0.2, 0.25) is 5.91 Å². The van der Waals surface area contributed by atoms with Gasteiger partial charge in [0.25, 0.3) is 0 Å². The summed E-state index contributed by atoms with van der Waals surface area (Å²) in [6, 6.07) is 5.90. The summed E-state index contributed by atoms with van der Waals surface area (Å²) in [6.07, 6.45) is 3.48. The lowest BCUT2D eigenvalue weighted by molar-refractivity contribution is -0.127. The molecule has 2 fully saturated rings. The van der Waals surface area contributed by atoms with Crippen molar-refractivity contribution in [3.8, 4) is 5.75 Å². The van der Waals surface area contributed by atoms with Gasteiger partial charge in [-0.2, -0.15) is 0 Å². The maximum absolute atomic E-state index is 12.9. The van der Waals surface area contributed by atoms with Gasteiger partial charge in [0.1, 0.15) is 11.6 Å². The third-order valence-corrected chi connectivity index (χ3v) is 4.93. The Morgan fingerprint density at radius 3 is 2.77 bits per heavy atom. The molecule has 142 valence electrons. The van der Waals surface area contributed by atoms with Gasteiger partial charge in [-0.15, -0.1) is 0 Å². The lowest BCUT2D eigenvalue weighted by atomic mass is 9.99. The summed E-state index contributed by atoms with van der Waals surface area (Å²) < 4.78 is 18.6. The number of urea groups is 1. The number of rotatable bonds is 6. The van der Waals surface area contributed by atoms with Crippen LogP contribution in [0.3, 0.4) is 0 Å². The molecule has 1 aromatic rings. The lowest BCUT2D eigenvalue weighted by Gasteiger charge is -2.32. The van der Waals surface area contributed by atoms with Crippen LogP contribution in [0.5, 0.6) is 5.75 Å². The highest BCUT2D eigenvalue weighted by Gasteiger charge is 2.25. The minimum atomic E-state index is -0.284. The number of nitrogens with one attached hydrogen (secondary N) is 1. The number of carbonyl (C=O) groups is 2. The van der Waals surface area contributed by atoms with Gasteiger partial charge < -0.3 is 19.9 Å². The SMILES string of the molecule is O=C1CCCN1CCNC(=O)N1CCCC(COc2ccc(F)cc2)C1. The zero-order chi connectivity index (χ0) is 18.4. The van der Waals surface area contributed by atoms with E-state index in [1.54, 1.807) is 17.0 Å². The topological polar surface area (TPSA) is 61.9 Å². The minimum absolute atomic E-state index is 0.0804. The molecule has 6 nitrogen and oxygen atoms in total. The molecule has 2 heterocycles. The molecule has 3 amide bonds. The highest BCUT2D eigenvalue weighted by Crippen LogP contribution is 2.19. The van der Waals surface area contributed by atoms with Crippen LogP contribution >= 0.6 is 0 Å². The van der Waals surface area contributed by atoms with E-state index in [9.17, 15) is 14.0 Å². The van der Waals surface area contributed by atoms with Crippen LogP contribution in [0.2, 0.25) is 0 Å². The van der Waals surface area contributed by atoms with Gasteiger partial charge in [0, 0.05) is 45.1 Å². The van der Waals surface area contributed by atoms with Crippen molar-refractivity contribution in [3.05, 3.63) is 30.1 Å². The van der Waals surface area contributed by atoms with E-state index < -0.39 is 0 Å². The zero-order valence-corrected chi connectivity index (χ0v) is 15.0. The molecule has 0 radical (unpaired) electrons. The van der Waals surface area contributed by atoms with E-state index in [4.69, 9.17) is 4.74 Å². The first kappa shape index (κ1) is 18.5. The van der Waals surface area contributed by atoms with Crippen LogP contribution in [0.1, 0.15) is 25.7 Å². The summed E-state index contributed by atoms with van der Waals surface area (Å²) in [5.74, 6) is 0.798. The molecule has 0 aliphatic carbocycles. The van der Waals surface area contributed by atoms with Crippen molar-refractivity contribution in [1.29, 1.82) is 0 Å². The first-order valence-electron chi connectivity index (χ1n) is 9.31. The molecule has 0 spiro atoms. The van der Waals surface area contributed by atoms with Gasteiger partial charge in [-0.1, -0.05) is 0 Å². The molecule has 7 heteroatoms. The van der Waals surface area contributed by atoms with Crippen LogP contribution in [0.25, 0.3) is 0 Å². The van der Waals surface area contributed by atoms with Gasteiger partial charge in [0.15, 0.2) is 0 Å². The van der Waals surface area contributed by atoms with Gasteiger partial charge in [0.05, 0.1) is 6.61 Å². The Morgan fingerprint density at radius 2 is 2.04 bits per heavy atom. The number of likely N-dealkylation sites (tertiary alicyclic amines) is 2.